The molecule has 1 atom stereocenters. The first-order valence-electron chi connectivity index (χ1n) is 5.97. The monoisotopic (exact) mass is 236 g/mol. The molecule has 1 heterocycles. The summed E-state index contributed by atoms with van der Waals surface area (Å²) in [6, 6.07) is 6.75. The van der Waals surface area contributed by atoms with Crippen molar-refractivity contribution < 1.29 is 13.9 Å². The maximum Gasteiger partial charge on any atom is 0.150 e. The summed E-state index contributed by atoms with van der Waals surface area (Å²) in [6.45, 7) is 2.89. The number of benzene rings is 1. The summed E-state index contributed by atoms with van der Waals surface area (Å²) in [5, 5.41) is 0. The van der Waals surface area contributed by atoms with Gasteiger partial charge in [0.15, 0.2) is 0 Å². The van der Waals surface area contributed by atoms with Crippen molar-refractivity contribution in [3.8, 4) is 0 Å². The van der Waals surface area contributed by atoms with Crippen LogP contribution in [0.15, 0.2) is 24.3 Å². The average Bonchev–Trinajstić information content (AvgIpc) is 2.40. The van der Waals surface area contributed by atoms with Crippen molar-refractivity contribution in [1.82, 2.24) is 0 Å². The van der Waals surface area contributed by atoms with E-state index in [2.05, 4.69) is 0 Å². The number of rotatable bonds is 3. The number of hydrogen-bond acceptors (Lipinski definition) is 2. The molecule has 0 spiro atoms. The van der Waals surface area contributed by atoms with Crippen molar-refractivity contribution in [2.75, 3.05) is 13.2 Å². The zero-order valence-electron chi connectivity index (χ0n) is 9.99. The summed E-state index contributed by atoms with van der Waals surface area (Å²) in [6.07, 6.45) is 2.28. The second-order valence-electron chi connectivity index (χ2n) is 4.70. The zero-order valence-corrected chi connectivity index (χ0v) is 9.99. The lowest BCUT2D eigenvalue weighted by Gasteiger charge is -2.33. The van der Waals surface area contributed by atoms with Crippen molar-refractivity contribution in [2.45, 2.75) is 25.4 Å². The second-order valence-corrected chi connectivity index (χ2v) is 4.70. The fourth-order valence-electron chi connectivity index (χ4n) is 2.36. The Kier molecular flexibility index (Phi) is 3.57. The molecule has 0 saturated carbocycles. The van der Waals surface area contributed by atoms with Crippen molar-refractivity contribution in [2.24, 2.45) is 5.92 Å². The quantitative estimate of drug-likeness (QED) is 0.754. The maximum atomic E-state index is 14.8. The van der Waals surface area contributed by atoms with Crippen LogP contribution in [-0.4, -0.2) is 19.5 Å². The van der Waals surface area contributed by atoms with Crippen LogP contribution in [0.4, 0.5) is 4.39 Å². The Hall–Kier alpha value is -1.22. The van der Waals surface area contributed by atoms with Crippen LogP contribution < -0.4 is 0 Å². The summed E-state index contributed by atoms with van der Waals surface area (Å²) in [4.78, 5) is 10.6. The Balaban J connectivity index is 2.19. The summed E-state index contributed by atoms with van der Waals surface area (Å²) >= 11 is 0. The van der Waals surface area contributed by atoms with Gasteiger partial charge in [0, 0.05) is 24.7 Å². The third-order valence-corrected chi connectivity index (χ3v) is 3.60. The number of carbonyl (C=O) groups is 1. The van der Waals surface area contributed by atoms with E-state index < -0.39 is 5.67 Å². The van der Waals surface area contributed by atoms with Gasteiger partial charge in [0.05, 0.1) is 0 Å². The lowest BCUT2D eigenvalue weighted by molar-refractivity contribution is -0.00499. The van der Waals surface area contributed by atoms with E-state index in [9.17, 15) is 9.18 Å². The van der Waals surface area contributed by atoms with Gasteiger partial charge in [-0.1, -0.05) is 24.3 Å². The number of hydrogen-bond donors (Lipinski definition) is 0. The number of carbonyl (C=O) groups excluding carboxylic acids is 1. The Bertz CT molecular complexity index is 378. The van der Waals surface area contributed by atoms with Crippen LogP contribution in [0.3, 0.4) is 0 Å². The van der Waals surface area contributed by atoms with Gasteiger partial charge in [0.25, 0.3) is 0 Å². The van der Waals surface area contributed by atoms with Crippen LogP contribution in [0.1, 0.15) is 35.7 Å². The molecule has 3 heteroatoms. The van der Waals surface area contributed by atoms with Crippen LogP contribution in [0.2, 0.25) is 0 Å². The van der Waals surface area contributed by atoms with Crippen LogP contribution >= 0.6 is 0 Å². The van der Waals surface area contributed by atoms with Crippen molar-refractivity contribution in [1.29, 1.82) is 0 Å². The largest absolute Gasteiger partial charge is 0.381 e. The lowest BCUT2D eigenvalue weighted by Crippen LogP contribution is -2.32. The van der Waals surface area contributed by atoms with E-state index >= 15 is 0 Å². The van der Waals surface area contributed by atoms with Gasteiger partial charge in [0.1, 0.15) is 12.0 Å². The van der Waals surface area contributed by atoms with Crippen LogP contribution in [-0.2, 0) is 10.4 Å². The highest BCUT2D eigenvalue weighted by Gasteiger charge is 2.36. The minimum absolute atomic E-state index is 0.00155. The van der Waals surface area contributed by atoms with Gasteiger partial charge >= 0.3 is 0 Å². The van der Waals surface area contributed by atoms with E-state index in [0.29, 0.717) is 24.3 Å². The molecule has 1 aliphatic heterocycles. The molecule has 2 rings (SSSR count). The van der Waals surface area contributed by atoms with Crippen molar-refractivity contribution in [3.63, 3.8) is 0 Å². The zero-order chi connectivity index (χ0) is 12.3. The number of alkyl halides is 1. The van der Waals surface area contributed by atoms with Gasteiger partial charge in [-0.3, -0.25) is 4.79 Å². The molecule has 2 nitrogen and oxygen atoms in total. The molecule has 0 bridgehead atoms. The fourth-order valence-corrected chi connectivity index (χ4v) is 2.36. The molecule has 1 aromatic carbocycles. The van der Waals surface area contributed by atoms with E-state index in [1.165, 1.54) is 0 Å². The highest BCUT2D eigenvalue weighted by Crippen LogP contribution is 2.39. The molecule has 1 aliphatic rings. The highest BCUT2D eigenvalue weighted by atomic mass is 19.1. The van der Waals surface area contributed by atoms with E-state index in [0.717, 1.165) is 19.1 Å². The topological polar surface area (TPSA) is 26.3 Å². The third kappa shape index (κ3) is 2.55. The Morgan fingerprint density at radius 1 is 1.29 bits per heavy atom. The van der Waals surface area contributed by atoms with Crippen LogP contribution in [0, 0.1) is 5.92 Å². The maximum absolute atomic E-state index is 14.8. The molecule has 1 aromatic rings. The number of halogens is 1. The van der Waals surface area contributed by atoms with Gasteiger partial charge in [-0.2, -0.15) is 0 Å². The van der Waals surface area contributed by atoms with Crippen LogP contribution in [0.5, 0.6) is 0 Å². The standard InChI is InChI=1S/C14H17FO2/c1-14(15,13-6-8-17-9-7-13)12-4-2-11(10-16)3-5-12/h2-5,10,13H,6-9H2,1H3. The normalized spacial score (nSPS) is 20.8. The predicted molar refractivity (Wildman–Crippen MR) is 63.8 cm³/mol. The predicted octanol–water partition coefficient (Wildman–Crippen LogP) is 3.11. The van der Waals surface area contributed by atoms with E-state index in [1.807, 2.05) is 0 Å². The molecule has 17 heavy (non-hydrogen) atoms. The van der Waals surface area contributed by atoms with Gasteiger partial charge in [-0.25, -0.2) is 4.39 Å². The van der Waals surface area contributed by atoms with Gasteiger partial charge in [0.2, 0.25) is 0 Å². The molecular weight excluding hydrogens is 219 g/mol. The van der Waals surface area contributed by atoms with Gasteiger partial charge in [-0.15, -0.1) is 0 Å². The second kappa shape index (κ2) is 4.96. The molecule has 1 unspecified atom stereocenters. The molecule has 1 fully saturated rings. The van der Waals surface area contributed by atoms with Crippen LogP contribution in [0.25, 0.3) is 0 Å². The Labute approximate surface area is 101 Å². The lowest BCUT2D eigenvalue weighted by atomic mass is 9.80. The smallest absolute Gasteiger partial charge is 0.150 e. The molecular formula is C14H17FO2. The first-order valence-corrected chi connectivity index (χ1v) is 5.97. The minimum Gasteiger partial charge on any atom is -0.381 e. The molecule has 92 valence electrons. The van der Waals surface area contributed by atoms with Gasteiger partial charge in [-0.05, 0) is 25.3 Å². The van der Waals surface area contributed by atoms with Crippen molar-refractivity contribution >= 4 is 6.29 Å². The molecule has 0 N–H and O–H groups in total. The first-order chi connectivity index (χ1) is 8.14. The number of ether oxygens (including phenoxy) is 1. The highest BCUT2D eigenvalue weighted by molar-refractivity contribution is 5.74. The van der Waals surface area contributed by atoms with E-state index in [4.69, 9.17) is 4.74 Å². The molecule has 0 amide bonds. The fraction of sp³-hybridized carbons (Fsp3) is 0.500. The van der Waals surface area contributed by atoms with Crippen molar-refractivity contribution in [3.05, 3.63) is 35.4 Å². The summed E-state index contributed by atoms with van der Waals surface area (Å²) < 4.78 is 20.1. The Morgan fingerprint density at radius 3 is 2.41 bits per heavy atom. The number of aldehydes is 1. The summed E-state index contributed by atoms with van der Waals surface area (Å²) in [5.41, 5.74) is -0.114. The summed E-state index contributed by atoms with van der Waals surface area (Å²) in [7, 11) is 0. The van der Waals surface area contributed by atoms with Gasteiger partial charge < -0.3 is 4.74 Å². The Morgan fingerprint density at radius 2 is 1.88 bits per heavy atom. The summed E-state index contributed by atoms with van der Waals surface area (Å²) in [5.74, 6) is -0.00155. The molecule has 1 saturated heterocycles. The first kappa shape index (κ1) is 12.2. The minimum atomic E-state index is -1.34. The van der Waals surface area contributed by atoms with E-state index in [-0.39, 0.29) is 5.92 Å². The SMILES string of the molecule is CC(F)(c1ccc(C=O)cc1)C1CCOCC1. The third-order valence-electron chi connectivity index (χ3n) is 3.60. The molecule has 0 aliphatic carbocycles. The molecule has 0 radical (unpaired) electrons. The van der Waals surface area contributed by atoms with E-state index in [1.54, 1.807) is 31.2 Å². The molecule has 0 aromatic heterocycles. The average molecular weight is 236 g/mol.